The summed E-state index contributed by atoms with van der Waals surface area (Å²) in [6, 6.07) is 7.13. The van der Waals surface area contributed by atoms with Crippen LogP contribution in [0.15, 0.2) is 24.3 Å². The van der Waals surface area contributed by atoms with Crippen molar-refractivity contribution < 1.29 is 4.79 Å². The number of hydrogen-bond donors (Lipinski definition) is 1. The minimum atomic E-state index is -0.0786. The molecule has 0 aromatic heterocycles. The molecule has 1 fully saturated rings. The van der Waals surface area contributed by atoms with Crippen molar-refractivity contribution in [1.82, 2.24) is 10.2 Å². The van der Waals surface area contributed by atoms with E-state index in [-0.39, 0.29) is 5.91 Å². The van der Waals surface area contributed by atoms with Crippen LogP contribution in [0.4, 0.5) is 0 Å². The van der Waals surface area contributed by atoms with Gasteiger partial charge in [-0.25, -0.2) is 0 Å². The Kier molecular flexibility index (Phi) is 4.02. The highest BCUT2D eigenvalue weighted by Gasteiger charge is 2.20. The molecule has 0 bridgehead atoms. The zero-order chi connectivity index (χ0) is 12.3. The third kappa shape index (κ3) is 3.20. The summed E-state index contributed by atoms with van der Waals surface area (Å²) >= 11 is 5.97. The van der Waals surface area contributed by atoms with Gasteiger partial charge in [-0.1, -0.05) is 23.7 Å². The molecular weight excluding hydrogens is 236 g/mol. The van der Waals surface area contributed by atoms with E-state index in [1.54, 1.807) is 12.1 Å². The molecule has 1 N–H and O–H groups in total. The van der Waals surface area contributed by atoms with Crippen molar-refractivity contribution in [1.29, 1.82) is 0 Å². The van der Waals surface area contributed by atoms with Crippen LogP contribution in [0, 0.1) is 5.92 Å². The van der Waals surface area contributed by atoms with Crippen molar-refractivity contribution in [2.45, 2.75) is 6.42 Å². The van der Waals surface area contributed by atoms with Crippen LogP contribution in [0.25, 0.3) is 0 Å². The van der Waals surface area contributed by atoms with Crippen LogP contribution in [-0.4, -0.2) is 37.5 Å². The van der Waals surface area contributed by atoms with Crippen molar-refractivity contribution in [2.75, 3.05) is 26.7 Å². The second-order valence-corrected chi connectivity index (χ2v) is 5.01. The largest absolute Gasteiger partial charge is 0.352 e. The number of likely N-dealkylation sites (tertiary alicyclic amines) is 1. The monoisotopic (exact) mass is 252 g/mol. The number of rotatable bonds is 3. The number of nitrogens with zero attached hydrogens (tertiary/aromatic N) is 1. The Hall–Kier alpha value is -1.06. The standard InChI is InChI=1S/C13H17ClN2O/c1-16-7-6-10(9-16)8-15-13(17)11-4-2-3-5-12(11)14/h2-5,10H,6-9H2,1H3,(H,15,17). The van der Waals surface area contributed by atoms with Crippen LogP contribution in [0.1, 0.15) is 16.8 Å². The molecular formula is C13H17ClN2O. The average Bonchev–Trinajstić information content (AvgIpc) is 2.73. The quantitative estimate of drug-likeness (QED) is 0.893. The molecule has 1 aromatic rings. The van der Waals surface area contributed by atoms with E-state index >= 15 is 0 Å². The molecule has 0 saturated carbocycles. The van der Waals surface area contributed by atoms with Crippen molar-refractivity contribution in [3.8, 4) is 0 Å². The minimum Gasteiger partial charge on any atom is -0.352 e. The number of benzene rings is 1. The number of carbonyl (C=O) groups is 1. The van der Waals surface area contributed by atoms with E-state index < -0.39 is 0 Å². The summed E-state index contributed by atoms with van der Waals surface area (Å²) in [5, 5.41) is 3.46. The fourth-order valence-corrected chi connectivity index (χ4v) is 2.39. The van der Waals surface area contributed by atoms with Crippen molar-refractivity contribution in [3.63, 3.8) is 0 Å². The summed E-state index contributed by atoms with van der Waals surface area (Å²) in [4.78, 5) is 14.2. The number of nitrogens with one attached hydrogen (secondary N) is 1. The van der Waals surface area contributed by atoms with E-state index in [1.165, 1.54) is 0 Å². The molecule has 1 saturated heterocycles. The maximum absolute atomic E-state index is 11.9. The molecule has 2 rings (SSSR count). The van der Waals surface area contributed by atoms with Gasteiger partial charge in [-0.15, -0.1) is 0 Å². The Morgan fingerprint density at radius 3 is 2.94 bits per heavy atom. The Morgan fingerprint density at radius 2 is 2.29 bits per heavy atom. The molecule has 4 heteroatoms. The Balaban J connectivity index is 1.88. The van der Waals surface area contributed by atoms with Crippen molar-refractivity contribution in [2.24, 2.45) is 5.92 Å². The van der Waals surface area contributed by atoms with E-state index in [1.807, 2.05) is 12.1 Å². The van der Waals surface area contributed by atoms with Gasteiger partial charge in [0.2, 0.25) is 0 Å². The van der Waals surface area contributed by atoms with Crippen LogP contribution in [-0.2, 0) is 0 Å². The first kappa shape index (κ1) is 12.4. The van der Waals surface area contributed by atoms with Gasteiger partial charge in [0, 0.05) is 13.1 Å². The summed E-state index contributed by atoms with van der Waals surface area (Å²) in [6.45, 7) is 2.91. The van der Waals surface area contributed by atoms with Gasteiger partial charge in [0.05, 0.1) is 10.6 Å². The molecule has 3 nitrogen and oxygen atoms in total. The zero-order valence-electron chi connectivity index (χ0n) is 9.95. The summed E-state index contributed by atoms with van der Waals surface area (Å²) in [5.41, 5.74) is 0.556. The third-order valence-electron chi connectivity index (χ3n) is 3.16. The lowest BCUT2D eigenvalue weighted by atomic mass is 10.1. The number of carbonyl (C=O) groups excluding carboxylic acids is 1. The molecule has 1 unspecified atom stereocenters. The summed E-state index contributed by atoms with van der Waals surface area (Å²) in [5.74, 6) is 0.483. The lowest BCUT2D eigenvalue weighted by Gasteiger charge is -2.12. The second-order valence-electron chi connectivity index (χ2n) is 4.61. The van der Waals surface area contributed by atoms with Gasteiger partial charge < -0.3 is 10.2 Å². The molecule has 17 heavy (non-hydrogen) atoms. The minimum absolute atomic E-state index is 0.0786. The van der Waals surface area contributed by atoms with Gasteiger partial charge in [-0.05, 0) is 38.1 Å². The van der Waals surface area contributed by atoms with E-state index in [2.05, 4.69) is 17.3 Å². The van der Waals surface area contributed by atoms with Crippen LogP contribution in [0.2, 0.25) is 5.02 Å². The first-order valence-electron chi connectivity index (χ1n) is 5.88. The fourth-order valence-electron chi connectivity index (χ4n) is 2.17. The molecule has 0 spiro atoms. The number of halogens is 1. The van der Waals surface area contributed by atoms with Gasteiger partial charge in [-0.3, -0.25) is 4.79 Å². The second kappa shape index (κ2) is 5.52. The highest BCUT2D eigenvalue weighted by Crippen LogP contribution is 2.16. The van der Waals surface area contributed by atoms with Crippen molar-refractivity contribution in [3.05, 3.63) is 34.9 Å². The van der Waals surface area contributed by atoms with Gasteiger partial charge in [0.25, 0.3) is 5.91 Å². The highest BCUT2D eigenvalue weighted by atomic mass is 35.5. The SMILES string of the molecule is CN1CCC(CNC(=O)c2ccccc2Cl)C1. The molecule has 1 aliphatic rings. The van der Waals surface area contributed by atoms with Crippen LogP contribution >= 0.6 is 11.6 Å². The topological polar surface area (TPSA) is 32.3 Å². The number of amides is 1. The predicted octanol–water partition coefficient (Wildman–Crippen LogP) is 2.02. The average molecular weight is 253 g/mol. The maximum atomic E-state index is 11.9. The summed E-state index contributed by atoms with van der Waals surface area (Å²) in [6.07, 6.45) is 1.15. The van der Waals surface area contributed by atoms with Gasteiger partial charge in [0.15, 0.2) is 0 Å². The van der Waals surface area contributed by atoms with Gasteiger partial charge in [-0.2, -0.15) is 0 Å². The molecule has 1 atom stereocenters. The van der Waals surface area contributed by atoms with Crippen LogP contribution in [0.3, 0.4) is 0 Å². The van der Waals surface area contributed by atoms with Gasteiger partial charge in [0.1, 0.15) is 0 Å². The Morgan fingerprint density at radius 1 is 1.53 bits per heavy atom. The zero-order valence-corrected chi connectivity index (χ0v) is 10.7. The maximum Gasteiger partial charge on any atom is 0.252 e. The smallest absolute Gasteiger partial charge is 0.252 e. The molecule has 1 amide bonds. The van der Waals surface area contributed by atoms with E-state index in [0.29, 0.717) is 16.5 Å². The number of hydrogen-bond acceptors (Lipinski definition) is 2. The Bertz CT molecular complexity index is 408. The Labute approximate surface area is 107 Å². The highest BCUT2D eigenvalue weighted by molar-refractivity contribution is 6.33. The van der Waals surface area contributed by atoms with Crippen molar-refractivity contribution >= 4 is 17.5 Å². The molecule has 1 aromatic carbocycles. The lowest BCUT2D eigenvalue weighted by Crippen LogP contribution is -2.30. The first-order valence-corrected chi connectivity index (χ1v) is 6.26. The normalized spacial score (nSPS) is 20.5. The summed E-state index contributed by atoms with van der Waals surface area (Å²) < 4.78 is 0. The molecule has 0 aliphatic carbocycles. The van der Waals surface area contributed by atoms with E-state index in [9.17, 15) is 4.79 Å². The predicted molar refractivity (Wildman–Crippen MR) is 69.4 cm³/mol. The lowest BCUT2D eigenvalue weighted by molar-refractivity contribution is 0.0947. The van der Waals surface area contributed by atoms with E-state index in [0.717, 1.165) is 26.1 Å². The molecule has 1 heterocycles. The molecule has 1 aliphatic heterocycles. The molecule has 92 valence electrons. The third-order valence-corrected chi connectivity index (χ3v) is 3.49. The summed E-state index contributed by atoms with van der Waals surface area (Å²) in [7, 11) is 2.11. The van der Waals surface area contributed by atoms with Crippen LogP contribution < -0.4 is 5.32 Å². The molecule has 0 radical (unpaired) electrons. The fraction of sp³-hybridized carbons (Fsp3) is 0.462. The van der Waals surface area contributed by atoms with E-state index in [4.69, 9.17) is 11.6 Å². The first-order chi connectivity index (χ1) is 8.16. The van der Waals surface area contributed by atoms with Crippen LogP contribution in [0.5, 0.6) is 0 Å². The van der Waals surface area contributed by atoms with Gasteiger partial charge >= 0.3 is 0 Å².